The van der Waals surface area contributed by atoms with E-state index in [1.807, 2.05) is 13.8 Å². The van der Waals surface area contributed by atoms with Crippen molar-refractivity contribution in [1.82, 2.24) is 4.98 Å². The smallest absolute Gasteiger partial charge is 0.165 e. The molecule has 3 nitrogen and oxygen atoms in total. The molecular formula is C12H19FN2O. The van der Waals surface area contributed by atoms with E-state index in [9.17, 15) is 9.50 Å². The van der Waals surface area contributed by atoms with Crippen LogP contribution in [-0.4, -0.2) is 22.2 Å². The molecule has 0 aromatic carbocycles. The molecule has 0 aliphatic heterocycles. The third-order valence-electron chi connectivity index (χ3n) is 2.24. The summed E-state index contributed by atoms with van der Waals surface area (Å²) in [6.45, 7) is 6.10. The van der Waals surface area contributed by atoms with Gasteiger partial charge in [-0.25, -0.2) is 9.37 Å². The molecule has 0 saturated heterocycles. The lowest BCUT2D eigenvalue weighted by Crippen LogP contribution is -2.35. The Morgan fingerprint density at radius 3 is 2.81 bits per heavy atom. The molecule has 0 spiro atoms. The van der Waals surface area contributed by atoms with E-state index in [1.165, 1.54) is 18.3 Å². The molecule has 1 heterocycles. The molecule has 0 saturated carbocycles. The maximum atomic E-state index is 13.2. The summed E-state index contributed by atoms with van der Waals surface area (Å²) in [7, 11) is 0. The summed E-state index contributed by atoms with van der Waals surface area (Å²) < 4.78 is 13.2. The van der Waals surface area contributed by atoms with Gasteiger partial charge in [0.05, 0.1) is 5.60 Å². The van der Waals surface area contributed by atoms with E-state index in [2.05, 4.69) is 10.3 Å². The van der Waals surface area contributed by atoms with Crippen LogP contribution in [0.4, 0.5) is 10.2 Å². The molecule has 0 aliphatic carbocycles. The average molecular weight is 226 g/mol. The van der Waals surface area contributed by atoms with E-state index in [1.54, 1.807) is 6.92 Å². The fourth-order valence-corrected chi connectivity index (χ4v) is 1.74. The van der Waals surface area contributed by atoms with Crippen molar-refractivity contribution in [2.75, 3.05) is 11.9 Å². The van der Waals surface area contributed by atoms with Crippen LogP contribution < -0.4 is 5.32 Å². The SMILES string of the molecule is CC(C)CC(C)(O)CNc1ncccc1F. The van der Waals surface area contributed by atoms with Gasteiger partial charge in [0.1, 0.15) is 0 Å². The fraction of sp³-hybridized carbons (Fsp3) is 0.583. The number of nitrogens with one attached hydrogen (secondary N) is 1. The monoisotopic (exact) mass is 226 g/mol. The molecule has 1 aromatic heterocycles. The Balaban J connectivity index is 2.54. The van der Waals surface area contributed by atoms with Crippen LogP contribution in [0, 0.1) is 11.7 Å². The van der Waals surface area contributed by atoms with Crippen molar-refractivity contribution in [1.29, 1.82) is 0 Å². The number of nitrogens with zero attached hydrogens (tertiary/aromatic N) is 1. The van der Waals surface area contributed by atoms with Gasteiger partial charge in [-0.15, -0.1) is 0 Å². The summed E-state index contributed by atoms with van der Waals surface area (Å²) in [5, 5.41) is 12.8. The van der Waals surface area contributed by atoms with Crippen molar-refractivity contribution < 1.29 is 9.50 Å². The fourth-order valence-electron chi connectivity index (χ4n) is 1.74. The summed E-state index contributed by atoms with van der Waals surface area (Å²) in [5.74, 6) is 0.180. The van der Waals surface area contributed by atoms with Gasteiger partial charge in [0.2, 0.25) is 0 Å². The van der Waals surface area contributed by atoms with Crippen molar-refractivity contribution in [2.45, 2.75) is 32.8 Å². The van der Waals surface area contributed by atoms with Gasteiger partial charge >= 0.3 is 0 Å². The summed E-state index contributed by atoms with van der Waals surface area (Å²) in [6, 6.07) is 2.87. The Hall–Kier alpha value is -1.16. The normalized spacial score (nSPS) is 14.9. The maximum absolute atomic E-state index is 13.2. The quantitative estimate of drug-likeness (QED) is 0.810. The highest BCUT2D eigenvalue weighted by atomic mass is 19.1. The first kappa shape index (κ1) is 12.9. The van der Waals surface area contributed by atoms with Crippen molar-refractivity contribution in [3.63, 3.8) is 0 Å². The van der Waals surface area contributed by atoms with Gasteiger partial charge < -0.3 is 10.4 Å². The molecule has 0 radical (unpaired) electrons. The minimum atomic E-state index is -0.849. The van der Waals surface area contributed by atoms with Crippen molar-refractivity contribution in [2.24, 2.45) is 5.92 Å². The van der Waals surface area contributed by atoms with Crippen LogP contribution in [0.5, 0.6) is 0 Å². The first-order valence-corrected chi connectivity index (χ1v) is 5.47. The predicted molar refractivity (Wildman–Crippen MR) is 62.8 cm³/mol. The predicted octanol–water partition coefficient (Wildman–Crippen LogP) is 2.43. The van der Waals surface area contributed by atoms with Gasteiger partial charge in [-0.2, -0.15) is 0 Å². The second kappa shape index (κ2) is 5.25. The zero-order chi connectivity index (χ0) is 12.2. The highest BCUT2D eigenvalue weighted by Crippen LogP contribution is 2.17. The molecule has 90 valence electrons. The second-order valence-corrected chi connectivity index (χ2v) is 4.78. The lowest BCUT2D eigenvalue weighted by Gasteiger charge is -2.25. The maximum Gasteiger partial charge on any atom is 0.165 e. The van der Waals surface area contributed by atoms with E-state index in [-0.39, 0.29) is 5.82 Å². The Labute approximate surface area is 95.7 Å². The lowest BCUT2D eigenvalue weighted by atomic mass is 9.94. The third-order valence-corrected chi connectivity index (χ3v) is 2.24. The molecule has 4 heteroatoms. The molecule has 2 N–H and O–H groups in total. The zero-order valence-corrected chi connectivity index (χ0v) is 10.00. The Morgan fingerprint density at radius 2 is 2.25 bits per heavy atom. The standard InChI is InChI=1S/C12H19FN2O/c1-9(2)7-12(3,16)8-15-11-10(13)5-4-6-14-11/h4-6,9,16H,7-8H2,1-3H3,(H,14,15). The van der Waals surface area contributed by atoms with Gasteiger partial charge in [-0.3, -0.25) is 0 Å². The van der Waals surface area contributed by atoms with Gasteiger partial charge in [0, 0.05) is 12.7 Å². The van der Waals surface area contributed by atoms with E-state index in [0.717, 1.165) is 0 Å². The molecule has 1 atom stereocenters. The van der Waals surface area contributed by atoms with E-state index in [4.69, 9.17) is 0 Å². The van der Waals surface area contributed by atoms with Crippen LogP contribution in [0.25, 0.3) is 0 Å². The Morgan fingerprint density at radius 1 is 1.56 bits per heavy atom. The van der Waals surface area contributed by atoms with Crippen LogP contribution in [-0.2, 0) is 0 Å². The molecule has 0 aliphatic rings. The summed E-state index contributed by atoms with van der Waals surface area (Å²) in [5.41, 5.74) is -0.849. The second-order valence-electron chi connectivity index (χ2n) is 4.78. The van der Waals surface area contributed by atoms with E-state index >= 15 is 0 Å². The van der Waals surface area contributed by atoms with Crippen LogP contribution in [0.1, 0.15) is 27.2 Å². The molecule has 16 heavy (non-hydrogen) atoms. The summed E-state index contributed by atoms with van der Waals surface area (Å²) in [4.78, 5) is 3.86. The minimum absolute atomic E-state index is 0.187. The molecule has 0 amide bonds. The zero-order valence-electron chi connectivity index (χ0n) is 10.00. The van der Waals surface area contributed by atoms with Crippen molar-refractivity contribution in [3.05, 3.63) is 24.1 Å². The summed E-state index contributed by atoms with van der Waals surface area (Å²) in [6.07, 6.45) is 2.18. The molecule has 1 aromatic rings. The number of hydrogen-bond donors (Lipinski definition) is 2. The summed E-state index contributed by atoms with van der Waals surface area (Å²) >= 11 is 0. The van der Waals surface area contributed by atoms with Crippen LogP contribution in [0.2, 0.25) is 0 Å². The molecule has 0 fully saturated rings. The van der Waals surface area contributed by atoms with Crippen LogP contribution >= 0.6 is 0 Å². The number of rotatable bonds is 5. The average Bonchev–Trinajstić information content (AvgIpc) is 2.14. The van der Waals surface area contributed by atoms with Crippen molar-refractivity contribution >= 4 is 5.82 Å². The van der Waals surface area contributed by atoms with Gasteiger partial charge in [0.15, 0.2) is 11.6 Å². The minimum Gasteiger partial charge on any atom is -0.388 e. The third kappa shape index (κ3) is 4.14. The molecule has 1 unspecified atom stereocenters. The topological polar surface area (TPSA) is 45.1 Å². The number of halogens is 1. The Bertz CT molecular complexity index is 340. The van der Waals surface area contributed by atoms with Gasteiger partial charge in [0.25, 0.3) is 0 Å². The van der Waals surface area contributed by atoms with E-state index < -0.39 is 11.4 Å². The lowest BCUT2D eigenvalue weighted by molar-refractivity contribution is 0.0514. The first-order chi connectivity index (χ1) is 7.41. The van der Waals surface area contributed by atoms with Gasteiger partial charge in [-0.1, -0.05) is 13.8 Å². The number of aromatic nitrogens is 1. The number of hydrogen-bond acceptors (Lipinski definition) is 3. The van der Waals surface area contributed by atoms with Gasteiger partial charge in [-0.05, 0) is 31.4 Å². The number of anilines is 1. The van der Waals surface area contributed by atoms with Crippen molar-refractivity contribution in [3.8, 4) is 0 Å². The number of aliphatic hydroxyl groups is 1. The molecule has 0 bridgehead atoms. The highest BCUT2D eigenvalue weighted by molar-refractivity contribution is 5.35. The van der Waals surface area contributed by atoms with Crippen LogP contribution in [0.3, 0.4) is 0 Å². The Kier molecular flexibility index (Phi) is 4.24. The highest BCUT2D eigenvalue weighted by Gasteiger charge is 2.22. The number of pyridine rings is 1. The first-order valence-electron chi connectivity index (χ1n) is 5.47. The van der Waals surface area contributed by atoms with E-state index in [0.29, 0.717) is 18.9 Å². The largest absolute Gasteiger partial charge is 0.388 e. The molecule has 1 rings (SSSR count). The molecular weight excluding hydrogens is 207 g/mol. The van der Waals surface area contributed by atoms with Crippen LogP contribution in [0.15, 0.2) is 18.3 Å².